The molecule has 0 spiro atoms. The molecule has 3 heterocycles. The van der Waals surface area contributed by atoms with Gasteiger partial charge in [0.1, 0.15) is 23.5 Å². The predicted molar refractivity (Wildman–Crippen MR) is 101 cm³/mol. The van der Waals surface area contributed by atoms with E-state index in [9.17, 15) is 4.79 Å². The number of nitrogens with one attached hydrogen (secondary N) is 1. The van der Waals surface area contributed by atoms with Crippen molar-refractivity contribution in [1.82, 2.24) is 29.6 Å². The van der Waals surface area contributed by atoms with Crippen LogP contribution >= 0.6 is 0 Å². The lowest BCUT2D eigenvalue weighted by molar-refractivity contribution is -0.121. The molecule has 0 unspecified atom stereocenters. The second-order valence-corrected chi connectivity index (χ2v) is 5.92. The van der Waals surface area contributed by atoms with E-state index in [4.69, 9.17) is 9.72 Å². The smallest absolute Gasteiger partial charge is 0.241 e. The standard InChI is InChI=1S/C19H18N6O2/c1-20-17(26)12-24-11-14(10-22-24)25-9-8-21-19(25)15-7-6-13-4-3-5-16(27-2)18(13)23-15/h3-11H,12H2,1-2H3,(H,20,26). The minimum absolute atomic E-state index is 0.112. The van der Waals surface area contributed by atoms with Crippen LogP contribution in [-0.2, 0) is 11.3 Å². The first kappa shape index (κ1) is 16.8. The zero-order valence-corrected chi connectivity index (χ0v) is 15.0. The SMILES string of the molecule is CNC(=O)Cn1cc(-n2ccnc2-c2ccc3cccc(OC)c3n2)cn1. The summed E-state index contributed by atoms with van der Waals surface area (Å²) in [7, 11) is 3.23. The number of amides is 1. The lowest BCUT2D eigenvalue weighted by atomic mass is 10.2. The molecule has 0 radical (unpaired) electrons. The molecule has 0 bridgehead atoms. The van der Waals surface area contributed by atoms with Gasteiger partial charge in [0, 0.05) is 31.0 Å². The van der Waals surface area contributed by atoms with Crippen molar-refractivity contribution >= 4 is 16.8 Å². The summed E-state index contributed by atoms with van der Waals surface area (Å²) in [6.07, 6.45) is 7.03. The number of rotatable bonds is 5. The van der Waals surface area contributed by atoms with E-state index >= 15 is 0 Å². The van der Waals surface area contributed by atoms with E-state index < -0.39 is 0 Å². The summed E-state index contributed by atoms with van der Waals surface area (Å²) >= 11 is 0. The quantitative estimate of drug-likeness (QED) is 0.587. The van der Waals surface area contributed by atoms with E-state index in [2.05, 4.69) is 15.4 Å². The van der Waals surface area contributed by atoms with Crippen LogP contribution in [0.4, 0.5) is 0 Å². The number of aromatic nitrogens is 5. The molecule has 1 N–H and O–H groups in total. The van der Waals surface area contributed by atoms with E-state index in [0.717, 1.165) is 22.3 Å². The average molecular weight is 362 g/mol. The van der Waals surface area contributed by atoms with Crippen LogP contribution in [0.5, 0.6) is 5.75 Å². The molecule has 0 aliphatic rings. The van der Waals surface area contributed by atoms with Crippen molar-refractivity contribution in [3.8, 4) is 23.0 Å². The Kier molecular flexibility index (Phi) is 4.29. The monoisotopic (exact) mass is 362 g/mol. The first-order chi connectivity index (χ1) is 13.2. The van der Waals surface area contributed by atoms with Crippen LogP contribution in [0.15, 0.2) is 55.1 Å². The summed E-state index contributed by atoms with van der Waals surface area (Å²) in [5.74, 6) is 1.28. The Bertz CT molecular complexity index is 1110. The van der Waals surface area contributed by atoms with Gasteiger partial charge in [-0.25, -0.2) is 9.97 Å². The number of hydrogen-bond acceptors (Lipinski definition) is 5. The molecular weight excluding hydrogens is 344 g/mol. The Morgan fingerprint density at radius 1 is 1.26 bits per heavy atom. The maximum absolute atomic E-state index is 11.5. The number of benzene rings is 1. The number of ether oxygens (including phenoxy) is 1. The van der Waals surface area contributed by atoms with E-state index in [-0.39, 0.29) is 12.5 Å². The first-order valence-electron chi connectivity index (χ1n) is 8.40. The molecule has 4 rings (SSSR count). The number of likely N-dealkylation sites (N-methyl/N-ethyl adjacent to an activating group) is 1. The number of carbonyl (C=O) groups is 1. The molecular formula is C19H18N6O2. The van der Waals surface area contributed by atoms with Gasteiger partial charge in [-0.05, 0) is 12.1 Å². The third-order valence-electron chi connectivity index (χ3n) is 4.26. The predicted octanol–water partition coefficient (Wildman–Crippen LogP) is 2.04. The molecule has 8 heteroatoms. The van der Waals surface area contributed by atoms with Gasteiger partial charge in [-0.15, -0.1) is 0 Å². The normalized spacial score (nSPS) is 10.9. The third kappa shape index (κ3) is 3.12. The molecule has 3 aromatic heterocycles. The Labute approximate surface area is 155 Å². The highest BCUT2D eigenvalue weighted by Crippen LogP contribution is 2.27. The lowest BCUT2D eigenvalue weighted by Gasteiger charge is -2.08. The second kappa shape index (κ2) is 6.91. The van der Waals surface area contributed by atoms with Crippen LogP contribution in [0, 0.1) is 0 Å². The maximum Gasteiger partial charge on any atom is 0.241 e. The van der Waals surface area contributed by atoms with Gasteiger partial charge >= 0.3 is 0 Å². The molecule has 0 saturated carbocycles. The first-order valence-corrected chi connectivity index (χ1v) is 8.40. The van der Waals surface area contributed by atoms with Gasteiger partial charge in [0.25, 0.3) is 0 Å². The number of para-hydroxylation sites is 1. The van der Waals surface area contributed by atoms with E-state index in [1.165, 1.54) is 0 Å². The highest BCUT2D eigenvalue weighted by atomic mass is 16.5. The zero-order chi connectivity index (χ0) is 18.8. The Hall–Kier alpha value is -3.68. The lowest BCUT2D eigenvalue weighted by Crippen LogP contribution is -2.23. The molecule has 0 aliphatic heterocycles. The Balaban J connectivity index is 1.74. The third-order valence-corrected chi connectivity index (χ3v) is 4.26. The van der Waals surface area contributed by atoms with Crippen molar-refractivity contribution < 1.29 is 9.53 Å². The van der Waals surface area contributed by atoms with Gasteiger partial charge in [0.2, 0.25) is 5.91 Å². The van der Waals surface area contributed by atoms with Crippen molar-refractivity contribution in [2.45, 2.75) is 6.54 Å². The van der Waals surface area contributed by atoms with Gasteiger partial charge in [0.05, 0.1) is 19.0 Å². The highest BCUT2D eigenvalue weighted by Gasteiger charge is 2.13. The molecule has 0 saturated heterocycles. The summed E-state index contributed by atoms with van der Waals surface area (Å²) in [5, 5.41) is 7.82. The number of hydrogen-bond donors (Lipinski definition) is 1. The minimum atomic E-state index is -0.112. The van der Waals surface area contributed by atoms with E-state index in [0.29, 0.717) is 11.6 Å². The fraction of sp³-hybridized carbons (Fsp3) is 0.158. The molecule has 0 atom stereocenters. The van der Waals surface area contributed by atoms with Gasteiger partial charge in [-0.3, -0.25) is 14.0 Å². The van der Waals surface area contributed by atoms with E-state index in [1.807, 2.05) is 41.1 Å². The largest absolute Gasteiger partial charge is 0.494 e. The highest BCUT2D eigenvalue weighted by molar-refractivity contribution is 5.86. The van der Waals surface area contributed by atoms with Crippen molar-refractivity contribution in [1.29, 1.82) is 0 Å². The van der Waals surface area contributed by atoms with Gasteiger partial charge in [-0.2, -0.15) is 5.10 Å². The van der Waals surface area contributed by atoms with Crippen molar-refractivity contribution in [2.24, 2.45) is 0 Å². The zero-order valence-electron chi connectivity index (χ0n) is 15.0. The van der Waals surface area contributed by atoms with Gasteiger partial charge in [-0.1, -0.05) is 18.2 Å². The Morgan fingerprint density at radius 3 is 2.96 bits per heavy atom. The number of pyridine rings is 1. The summed E-state index contributed by atoms with van der Waals surface area (Å²) in [6, 6.07) is 9.73. The summed E-state index contributed by atoms with van der Waals surface area (Å²) in [5.41, 5.74) is 2.30. The summed E-state index contributed by atoms with van der Waals surface area (Å²) in [6.45, 7) is 0.159. The average Bonchev–Trinajstić information content (AvgIpc) is 3.36. The van der Waals surface area contributed by atoms with Crippen molar-refractivity contribution in [3.63, 3.8) is 0 Å². The molecule has 1 aromatic carbocycles. The number of methoxy groups -OCH3 is 1. The molecule has 1 amide bonds. The van der Waals surface area contributed by atoms with Crippen LogP contribution in [0.25, 0.3) is 28.1 Å². The molecule has 136 valence electrons. The van der Waals surface area contributed by atoms with Crippen molar-refractivity contribution in [2.75, 3.05) is 14.2 Å². The summed E-state index contributed by atoms with van der Waals surface area (Å²) in [4.78, 5) is 20.7. The number of fused-ring (bicyclic) bond motifs is 1. The van der Waals surface area contributed by atoms with E-state index in [1.54, 1.807) is 37.4 Å². The fourth-order valence-electron chi connectivity index (χ4n) is 2.90. The van der Waals surface area contributed by atoms with Crippen LogP contribution in [0.2, 0.25) is 0 Å². The maximum atomic E-state index is 11.5. The number of nitrogens with zero attached hydrogens (tertiary/aromatic N) is 5. The van der Waals surface area contributed by atoms with Crippen molar-refractivity contribution in [3.05, 3.63) is 55.1 Å². The van der Waals surface area contributed by atoms with Crippen LogP contribution in [-0.4, -0.2) is 44.4 Å². The second-order valence-electron chi connectivity index (χ2n) is 5.92. The molecule has 4 aromatic rings. The van der Waals surface area contributed by atoms with Gasteiger partial charge in [0.15, 0.2) is 5.82 Å². The Morgan fingerprint density at radius 2 is 2.15 bits per heavy atom. The molecule has 0 fully saturated rings. The van der Waals surface area contributed by atoms with Gasteiger partial charge < -0.3 is 10.1 Å². The van der Waals surface area contributed by atoms with Crippen LogP contribution < -0.4 is 10.1 Å². The molecule has 8 nitrogen and oxygen atoms in total. The number of carbonyl (C=O) groups excluding carboxylic acids is 1. The van der Waals surface area contributed by atoms with Crippen LogP contribution in [0.1, 0.15) is 0 Å². The fourth-order valence-corrected chi connectivity index (χ4v) is 2.90. The topological polar surface area (TPSA) is 86.9 Å². The molecule has 27 heavy (non-hydrogen) atoms. The minimum Gasteiger partial charge on any atom is -0.494 e. The number of imidazole rings is 1. The molecule has 0 aliphatic carbocycles. The van der Waals surface area contributed by atoms with Crippen LogP contribution in [0.3, 0.4) is 0 Å². The summed E-state index contributed by atoms with van der Waals surface area (Å²) < 4.78 is 8.89.